The minimum atomic E-state index is 0.324. The van der Waals surface area contributed by atoms with Crippen molar-refractivity contribution in [3.8, 4) is 0 Å². The molecule has 0 saturated carbocycles. The molecule has 0 radical (unpaired) electrons. The molecule has 1 fully saturated rings. The molecule has 2 aromatic heterocycles. The first kappa shape index (κ1) is 15.2. The predicted molar refractivity (Wildman–Crippen MR) is 88.3 cm³/mol. The second kappa shape index (κ2) is 7.02. The van der Waals surface area contributed by atoms with Gasteiger partial charge in [0.2, 0.25) is 5.95 Å². The maximum absolute atomic E-state index is 5.82. The quantitative estimate of drug-likeness (QED) is 0.795. The molecule has 0 aliphatic carbocycles. The van der Waals surface area contributed by atoms with Crippen LogP contribution in [0.2, 0.25) is 0 Å². The molecule has 7 heteroatoms. The van der Waals surface area contributed by atoms with Crippen molar-refractivity contribution < 1.29 is 4.74 Å². The fourth-order valence-corrected chi connectivity index (χ4v) is 3.41. The van der Waals surface area contributed by atoms with Gasteiger partial charge in [-0.2, -0.15) is 4.98 Å². The van der Waals surface area contributed by atoms with Crippen LogP contribution in [-0.2, 0) is 11.2 Å². The van der Waals surface area contributed by atoms with Gasteiger partial charge in [0.15, 0.2) is 0 Å². The van der Waals surface area contributed by atoms with Gasteiger partial charge in [0.25, 0.3) is 0 Å². The number of nitrogens with one attached hydrogen (secondary N) is 1. The average Bonchev–Trinajstić information content (AvgIpc) is 3.15. The maximum Gasteiger partial charge on any atom is 0.222 e. The van der Waals surface area contributed by atoms with E-state index >= 15 is 0 Å². The average molecular weight is 319 g/mol. The van der Waals surface area contributed by atoms with Crippen LogP contribution in [-0.4, -0.2) is 34.7 Å². The van der Waals surface area contributed by atoms with E-state index in [0.717, 1.165) is 56.2 Å². The lowest BCUT2D eigenvalue weighted by Crippen LogP contribution is -2.10. The van der Waals surface area contributed by atoms with Gasteiger partial charge in [0.1, 0.15) is 5.82 Å². The highest BCUT2D eigenvalue weighted by Crippen LogP contribution is 2.25. The Morgan fingerprint density at radius 1 is 1.45 bits per heavy atom. The first-order valence-corrected chi connectivity index (χ1v) is 8.45. The van der Waals surface area contributed by atoms with Crippen molar-refractivity contribution in [3.05, 3.63) is 27.8 Å². The normalized spacial score (nSPS) is 17.8. The highest BCUT2D eigenvalue weighted by molar-refractivity contribution is 7.09. The molecule has 3 heterocycles. The largest absolute Gasteiger partial charge is 0.381 e. The lowest BCUT2D eigenvalue weighted by Gasteiger charge is -2.11. The van der Waals surface area contributed by atoms with E-state index in [1.54, 1.807) is 11.3 Å². The molecule has 118 valence electrons. The van der Waals surface area contributed by atoms with Gasteiger partial charge in [-0.1, -0.05) is 0 Å². The number of nitrogens with zero attached hydrogens (tertiary/aromatic N) is 3. The Bertz CT molecular complexity index is 624. The molecule has 0 unspecified atom stereocenters. The van der Waals surface area contributed by atoms with Gasteiger partial charge in [-0.25, -0.2) is 9.97 Å². The number of aromatic nitrogens is 3. The van der Waals surface area contributed by atoms with Crippen LogP contribution in [0, 0.1) is 6.92 Å². The fraction of sp³-hybridized carbons (Fsp3) is 0.533. The van der Waals surface area contributed by atoms with E-state index in [-0.39, 0.29) is 0 Å². The Hall–Kier alpha value is -1.73. The number of hydrogen-bond acceptors (Lipinski definition) is 7. The molecule has 2 aromatic rings. The van der Waals surface area contributed by atoms with Crippen LogP contribution in [0.15, 0.2) is 11.6 Å². The highest BCUT2D eigenvalue weighted by atomic mass is 32.1. The Morgan fingerprint density at radius 2 is 2.36 bits per heavy atom. The number of hydrogen-bond donors (Lipinski definition) is 2. The van der Waals surface area contributed by atoms with Gasteiger partial charge in [-0.3, -0.25) is 0 Å². The van der Waals surface area contributed by atoms with E-state index in [9.17, 15) is 0 Å². The lowest BCUT2D eigenvalue weighted by atomic mass is 10.0. The van der Waals surface area contributed by atoms with E-state index in [2.05, 4.69) is 27.2 Å². The highest BCUT2D eigenvalue weighted by Gasteiger charge is 2.20. The zero-order valence-electron chi connectivity index (χ0n) is 12.7. The van der Waals surface area contributed by atoms with E-state index in [1.165, 1.54) is 4.88 Å². The van der Waals surface area contributed by atoms with Crippen molar-refractivity contribution in [2.45, 2.75) is 32.1 Å². The number of aryl methyl sites for hydroxylation is 2. The molecule has 0 bridgehead atoms. The number of nitrogen functional groups attached to an aromatic ring is 1. The van der Waals surface area contributed by atoms with E-state index in [4.69, 9.17) is 10.5 Å². The van der Waals surface area contributed by atoms with Crippen molar-refractivity contribution >= 4 is 23.1 Å². The van der Waals surface area contributed by atoms with E-state index in [0.29, 0.717) is 11.9 Å². The molecule has 1 saturated heterocycles. The zero-order chi connectivity index (χ0) is 15.4. The third-order valence-corrected chi connectivity index (χ3v) is 4.84. The SMILES string of the molecule is Cc1ncsc1CCCNc1cc([C@H]2CCOC2)nc(N)n1. The first-order valence-electron chi connectivity index (χ1n) is 7.57. The van der Waals surface area contributed by atoms with Crippen molar-refractivity contribution in [2.75, 3.05) is 30.8 Å². The molecular formula is C15H21N5OS. The molecule has 3 N–H and O–H groups in total. The fourth-order valence-electron chi connectivity index (χ4n) is 2.58. The van der Waals surface area contributed by atoms with Crippen LogP contribution in [0.3, 0.4) is 0 Å². The van der Waals surface area contributed by atoms with Crippen molar-refractivity contribution in [1.82, 2.24) is 15.0 Å². The van der Waals surface area contributed by atoms with Crippen LogP contribution in [0.1, 0.15) is 35.0 Å². The minimum Gasteiger partial charge on any atom is -0.381 e. The third kappa shape index (κ3) is 3.72. The smallest absolute Gasteiger partial charge is 0.222 e. The predicted octanol–water partition coefficient (Wildman–Crippen LogP) is 2.37. The standard InChI is InChI=1S/C15H21N5OS/c1-10-13(22-9-18-10)3-2-5-17-14-7-12(19-15(16)20-14)11-4-6-21-8-11/h7,9,11H,2-6,8H2,1H3,(H3,16,17,19,20)/t11-/m0/s1. The number of nitrogens with two attached hydrogens (primary N) is 1. The summed E-state index contributed by atoms with van der Waals surface area (Å²) in [5.41, 5.74) is 9.84. The maximum atomic E-state index is 5.82. The molecular weight excluding hydrogens is 298 g/mol. The van der Waals surface area contributed by atoms with Crippen LogP contribution >= 0.6 is 11.3 Å². The van der Waals surface area contributed by atoms with Gasteiger partial charge in [0.05, 0.1) is 23.5 Å². The molecule has 1 atom stereocenters. The number of ether oxygens (including phenoxy) is 1. The van der Waals surface area contributed by atoms with Gasteiger partial charge in [-0.15, -0.1) is 11.3 Å². The van der Waals surface area contributed by atoms with Crippen LogP contribution < -0.4 is 11.1 Å². The second-order valence-corrected chi connectivity index (χ2v) is 6.43. The van der Waals surface area contributed by atoms with Gasteiger partial charge >= 0.3 is 0 Å². The molecule has 22 heavy (non-hydrogen) atoms. The van der Waals surface area contributed by atoms with Crippen molar-refractivity contribution in [2.24, 2.45) is 0 Å². The molecule has 0 spiro atoms. The molecule has 6 nitrogen and oxygen atoms in total. The number of rotatable bonds is 6. The second-order valence-electron chi connectivity index (χ2n) is 5.49. The monoisotopic (exact) mass is 319 g/mol. The van der Waals surface area contributed by atoms with Crippen LogP contribution in [0.4, 0.5) is 11.8 Å². The topological polar surface area (TPSA) is 86.0 Å². The molecule has 0 aromatic carbocycles. The van der Waals surface area contributed by atoms with Crippen molar-refractivity contribution in [3.63, 3.8) is 0 Å². The van der Waals surface area contributed by atoms with Gasteiger partial charge < -0.3 is 15.8 Å². The summed E-state index contributed by atoms with van der Waals surface area (Å²) < 4.78 is 5.42. The summed E-state index contributed by atoms with van der Waals surface area (Å²) in [5, 5.41) is 3.34. The zero-order valence-corrected chi connectivity index (χ0v) is 13.5. The Morgan fingerprint density at radius 3 is 3.09 bits per heavy atom. The lowest BCUT2D eigenvalue weighted by molar-refractivity contribution is 0.193. The van der Waals surface area contributed by atoms with Crippen LogP contribution in [0.25, 0.3) is 0 Å². The summed E-state index contributed by atoms with van der Waals surface area (Å²) >= 11 is 1.72. The summed E-state index contributed by atoms with van der Waals surface area (Å²) in [5.74, 6) is 1.46. The summed E-state index contributed by atoms with van der Waals surface area (Å²) in [6, 6.07) is 1.99. The minimum absolute atomic E-state index is 0.324. The third-order valence-electron chi connectivity index (χ3n) is 3.84. The van der Waals surface area contributed by atoms with E-state index < -0.39 is 0 Å². The Labute approximate surface area is 134 Å². The molecule has 1 aliphatic heterocycles. The summed E-state index contributed by atoms with van der Waals surface area (Å²) in [7, 11) is 0. The first-order chi connectivity index (χ1) is 10.7. The van der Waals surface area contributed by atoms with Crippen molar-refractivity contribution in [1.29, 1.82) is 0 Å². The summed E-state index contributed by atoms with van der Waals surface area (Å²) in [6.45, 7) is 4.43. The molecule has 3 rings (SSSR count). The van der Waals surface area contributed by atoms with E-state index in [1.807, 2.05) is 11.6 Å². The number of thiazole rings is 1. The summed E-state index contributed by atoms with van der Waals surface area (Å²) in [6.07, 6.45) is 3.07. The molecule has 0 amide bonds. The van der Waals surface area contributed by atoms with Gasteiger partial charge in [0, 0.05) is 30.0 Å². The summed E-state index contributed by atoms with van der Waals surface area (Å²) in [4.78, 5) is 14.2. The Balaban J connectivity index is 1.54. The number of anilines is 2. The molecule has 1 aliphatic rings. The van der Waals surface area contributed by atoms with Crippen LogP contribution in [0.5, 0.6) is 0 Å². The Kier molecular flexibility index (Phi) is 4.84. The van der Waals surface area contributed by atoms with Gasteiger partial charge in [-0.05, 0) is 26.2 Å².